The first-order chi connectivity index (χ1) is 13.6. The number of hydrogen-bond donors (Lipinski definition) is 1. The number of fused-ring (bicyclic) bond motifs is 1. The minimum Gasteiger partial charge on any atom is -0.497 e. The summed E-state index contributed by atoms with van der Waals surface area (Å²) in [6, 6.07) is 9.63. The van der Waals surface area contributed by atoms with Gasteiger partial charge in [-0.05, 0) is 48.7 Å². The van der Waals surface area contributed by atoms with Crippen LogP contribution in [0.5, 0.6) is 17.2 Å². The van der Waals surface area contributed by atoms with Crippen molar-refractivity contribution in [3.05, 3.63) is 40.9 Å². The molecule has 5 nitrogen and oxygen atoms in total. The van der Waals surface area contributed by atoms with Crippen LogP contribution in [-0.2, 0) is 11.2 Å². The van der Waals surface area contributed by atoms with E-state index in [9.17, 15) is 4.79 Å². The van der Waals surface area contributed by atoms with Crippen molar-refractivity contribution in [2.45, 2.75) is 31.8 Å². The quantitative estimate of drug-likeness (QED) is 0.786. The summed E-state index contributed by atoms with van der Waals surface area (Å²) in [6.07, 6.45) is 3.75. The lowest BCUT2D eigenvalue weighted by Gasteiger charge is -2.24. The van der Waals surface area contributed by atoms with Crippen LogP contribution < -0.4 is 19.5 Å². The number of hydrogen-bond acceptors (Lipinski definition) is 4. The summed E-state index contributed by atoms with van der Waals surface area (Å²) in [5.41, 5.74) is 2.89. The Morgan fingerprint density at radius 2 is 2.04 bits per heavy atom. The summed E-state index contributed by atoms with van der Waals surface area (Å²) in [4.78, 5) is 12.1. The SMILES string of the molecule is COc1ccc(OC)c(-c2cc(Cl)c3c(c2)CC(CNC(=O)C2CCC2)O3)c1. The number of methoxy groups -OCH3 is 2. The van der Waals surface area contributed by atoms with Crippen LogP contribution in [0.1, 0.15) is 24.8 Å². The molecule has 2 aromatic rings. The fourth-order valence-corrected chi connectivity index (χ4v) is 4.01. The molecule has 1 unspecified atom stereocenters. The van der Waals surface area contributed by atoms with E-state index >= 15 is 0 Å². The molecule has 28 heavy (non-hydrogen) atoms. The average molecular weight is 402 g/mol. The second kappa shape index (κ2) is 7.92. The largest absolute Gasteiger partial charge is 0.497 e. The van der Waals surface area contributed by atoms with Crippen molar-refractivity contribution < 1.29 is 19.0 Å². The maximum Gasteiger partial charge on any atom is 0.223 e. The van der Waals surface area contributed by atoms with Gasteiger partial charge in [-0.1, -0.05) is 18.0 Å². The van der Waals surface area contributed by atoms with Crippen LogP contribution in [0, 0.1) is 5.92 Å². The highest BCUT2D eigenvalue weighted by molar-refractivity contribution is 6.32. The summed E-state index contributed by atoms with van der Waals surface area (Å²) < 4.78 is 16.9. The molecule has 0 saturated heterocycles. The van der Waals surface area contributed by atoms with Gasteiger partial charge in [0.05, 0.1) is 25.8 Å². The number of ether oxygens (including phenoxy) is 3. The Balaban J connectivity index is 1.53. The fraction of sp³-hybridized carbons (Fsp3) is 0.409. The predicted molar refractivity (Wildman–Crippen MR) is 108 cm³/mol. The second-order valence-corrected chi connectivity index (χ2v) is 7.74. The highest BCUT2D eigenvalue weighted by Gasteiger charge is 2.29. The van der Waals surface area contributed by atoms with Crippen molar-refractivity contribution in [2.75, 3.05) is 20.8 Å². The lowest BCUT2D eigenvalue weighted by molar-refractivity contribution is -0.127. The molecule has 1 saturated carbocycles. The Hall–Kier alpha value is -2.40. The van der Waals surface area contributed by atoms with E-state index < -0.39 is 0 Å². The summed E-state index contributed by atoms with van der Waals surface area (Å²) in [5.74, 6) is 2.52. The monoisotopic (exact) mass is 401 g/mol. The summed E-state index contributed by atoms with van der Waals surface area (Å²) in [6.45, 7) is 0.498. The van der Waals surface area contributed by atoms with Crippen LogP contribution in [0.25, 0.3) is 11.1 Å². The normalized spacial score (nSPS) is 18.0. The predicted octanol–water partition coefficient (Wildman–Crippen LogP) is 4.24. The maximum absolute atomic E-state index is 12.1. The minimum absolute atomic E-state index is 0.0982. The molecule has 1 aliphatic carbocycles. The molecule has 2 aliphatic rings. The van der Waals surface area contributed by atoms with E-state index in [2.05, 4.69) is 11.4 Å². The number of rotatable bonds is 6. The average Bonchev–Trinajstić information content (AvgIpc) is 3.08. The second-order valence-electron chi connectivity index (χ2n) is 7.33. The smallest absolute Gasteiger partial charge is 0.223 e. The van der Waals surface area contributed by atoms with Crippen molar-refractivity contribution in [3.8, 4) is 28.4 Å². The van der Waals surface area contributed by atoms with Crippen LogP contribution in [0.15, 0.2) is 30.3 Å². The molecule has 1 N–H and O–H groups in total. The van der Waals surface area contributed by atoms with E-state index in [-0.39, 0.29) is 17.9 Å². The summed E-state index contributed by atoms with van der Waals surface area (Å²) in [7, 11) is 3.28. The van der Waals surface area contributed by atoms with Gasteiger partial charge in [0.1, 0.15) is 23.4 Å². The number of amides is 1. The number of nitrogens with one attached hydrogen (secondary N) is 1. The fourth-order valence-electron chi connectivity index (χ4n) is 3.73. The van der Waals surface area contributed by atoms with Gasteiger partial charge in [-0.15, -0.1) is 0 Å². The van der Waals surface area contributed by atoms with Crippen LogP contribution in [0.4, 0.5) is 0 Å². The Kier molecular flexibility index (Phi) is 5.36. The molecule has 1 fully saturated rings. The first kappa shape index (κ1) is 18.9. The molecule has 2 aromatic carbocycles. The van der Waals surface area contributed by atoms with E-state index in [1.165, 1.54) is 0 Å². The molecule has 1 atom stereocenters. The van der Waals surface area contributed by atoms with E-state index in [4.69, 9.17) is 25.8 Å². The molecule has 6 heteroatoms. The van der Waals surface area contributed by atoms with Crippen LogP contribution in [0.3, 0.4) is 0 Å². The van der Waals surface area contributed by atoms with Crippen LogP contribution >= 0.6 is 11.6 Å². The van der Waals surface area contributed by atoms with E-state index in [1.807, 2.05) is 24.3 Å². The molecule has 0 spiro atoms. The molecular weight excluding hydrogens is 378 g/mol. The van der Waals surface area contributed by atoms with Crippen LogP contribution in [0.2, 0.25) is 5.02 Å². The molecule has 1 heterocycles. The van der Waals surface area contributed by atoms with Gasteiger partial charge in [-0.25, -0.2) is 0 Å². The number of halogens is 1. The van der Waals surface area contributed by atoms with Gasteiger partial charge in [-0.3, -0.25) is 4.79 Å². The lowest BCUT2D eigenvalue weighted by Crippen LogP contribution is -2.40. The van der Waals surface area contributed by atoms with Crippen molar-refractivity contribution >= 4 is 17.5 Å². The molecule has 0 radical (unpaired) electrons. The first-order valence-corrected chi connectivity index (χ1v) is 9.96. The third kappa shape index (κ3) is 3.63. The standard InChI is InChI=1S/C22H24ClNO4/c1-26-16-6-7-20(27-2)18(11-16)14-8-15-9-17(28-21(15)19(23)10-14)12-24-22(25)13-4-3-5-13/h6-8,10-11,13,17H,3-5,9,12H2,1-2H3,(H,24,25). The number of benzene rings is 2. The van der Waals surface area contributed by atoms with Crippen LogP contribution in [-0.4, -0.2) is 32.8 Å². The molecule has 1 aliphatic heterocycles. The molecular formula is C22H24ClNO4. The number of carbonyl (C=O) groups is 1. The molecule has 0 aromatic heterocycles. The Morgan fingerprint density at radius 1 is 1.21 bits per heavy atom. The Morgan fingerprint density at radius 3 is 2.71 bits per heavy atom. The lowest BCUT2D eigenvalue weighted by atomic mass is 9.85. The Labute approximate surface area is 169 Å². The third-order valence-electron chi connectivity index (χ3n) is 5.55. The molecule has 4 rings (SSSR count). The Bertz CT molecular complexity index is 894. The van der Waals surface area contributed by atoms with Crippen molar-refractivity contribution in [1.82, 2.24) is 5.32 Å². The van der Waals surface area contributed by atoms with Crippen molar-refractivity contribution in [1.29, 1.82) is 0 Å². The van der Waals surface area contributed by atoms with Gasteiger partial charge in [-0.2, -0.15) is 0 Å². The molecule has 148 valence electrons. The first-order valence-electron chi connectivity index (χ1n) is 9.58. The van der Waals surface area contributed by atoms with Gasteiger partial charge in [0.25, 0.3) is 0 Å². The molecule has 1 amide bonds. The highest BCUT2D eigenvalue weighted by atomic mass is 35.5. The van der Waals surface area contributed by atoms with E-state index in [1.54, 1.807) is 14.2 Å². The van der Waals surface area contributed by atoms with E-state index in [0.29, 0.717) is 23.7 Å². The summed E-state index contributed by atoms with van der Waals surface area (Å²) >= 11 is 6.52. The maximum atomic E-state index is 12.1. The van der Waals surface area contributed by atoms with Crippen molar-refractivity contribution in [3.63, 3.8) is 0 Å². The third-order valence-corrected chi connectivity index (χ3v) is 5.83. The van der Waals surface area contributed by atoms with Gasteiger partial charge < -0.3 is 19.5 Å². The zero-order chi connectivity index (χ0) is 19.7. The van der Waals surface area contributed by atoms with Gasteiger partial charge in [0, 0.05) is 23.5 Å². The minimum atomic E-state index is -0.0982. The van der Waals surface area contributed by atoms with Gasteiger partial charge in [0.2, 0.25) is 5.91 Å². The van der Waals surface area contributed by atoms with E-state index in [0.717, 1.165) is 47.5 Å². The zero-order valence-corrected chi connectivity index (χ0v) is 16.8. The molecule has 0 bridgehead atoms. The number of carbonyl (C=O) groups excluding carboxylic acids is 1. The summed E-state index contributed by atoms with van der Waals surface area (Å²) in [5, 5.41) is 3.58. The van der Waals surface area contributed by atoms with Crippen molar-refractivity contribution in [2.24, 2.45) is 5.92 Å². The van der Waals surface area contributed by atoms with Gasteiger partial charge in [0.15, 0.2) is 0 Å². The highest BCUT2D eigenvalue weighted by Crippen LogP contribution is 2.42. The topological polar surface area (TPSA) is 56.8 Å². The van der Waals surface area contributed by atoms with Gasteiger partial charge >= 0.3 is 0 Å². The zero-order valence-electron chi connectivity index (χ0n) is 16.1.